The SMILES string of the molecule is CSc1ccc(Cl)c(C(=O)O[C@@H](C)C(=O)NC2CCCC2)c1. The van der Waals surface area contributed by atoms with Crippen molar-refractivity contribution in [3.63, 3.8) is 0 Å². The lowest BCUT2D eigenvalue weighted by Gasteiger charge is -2.17. The molecule has 0 radical (unpaired) electrons. The summed E-state index contributed by atoms with van der Waals surface area (Å²) in [6, 6.07) is 5.38. The van der Waals surface area contributed by atoms with Crippen molar-refractivity contribution in [2.24, 2.45) is 0 Å². The van der Waals surface area contributed by atoms with Crippen LogP contribution in [0.5, 0.6) is 0 Å². The largest absolute Gasteiger partial charge is 0.449 e. The quantitative estimate of drug-likeness (QED) is 0.656. The maximum absolute atomic E-state index is 12.2. The summed E-state index contributed by atoms with van der Waals surface area (Å²) in [6.07, 6.45) is 5.34. The molecule has 0 spiro atoms. The number of carbonyl (C=O) groups excluding carboxylic acids is 2. The normalized spacial score (nSPS) is 16.3. The van der Waals surface area contributed by atoms with Crippen LogP contribution in [0.1, 0.15) is 43.0 Å². The van der Waals surface area contributed by atoms with Gasteiger partial charge in [-0.3, -0.25) is 4.79 Å². The van der Waals surface area contributed by atoms with Crippen molar-refractivity contribution in [3.05, 3.63) is 28.8 Å². The fraction of sp³-hybridized carbons (Fsp3) is 0.500. The Morgan fingerprint density at radius 1 is 1.36 bits per heavy atom. The van der Waals surface area contributed by atoms with Crippen LogP contribution in [0.3, 0.4) is 0 Å². The molecule has 1 aliphatic rings. The monoisotopic (exact) mass is 341 g/mol. The first-order chi connectivity index (χ1) is 10.5. The summed E-state index contributed by atoms with van der Waals surface area (Å²) < 4.78 is 5.24. The number of esters is 1. The first-order valence-electron chi connectivity index (χ1n) is 7.36. The van der Waals surface area contributed by atoms with E-state index < -0.39 is 12.1 Å². The van der Waals surface area contributed by atoms with Crippen LogP contribution in [0.25, 0.3) is 0 Å². The van der Waals surface area contributed by atoms with Crippen molar-refractivity contribution < 1.29 is 14.3 Å². The van der Waals surface area contributed by atoms with Gasteiger partial charge in [0.05, 0.1) is 10.6 Å². The van der Waals surface area contributed by atoms with Crippen LogP contribution in [0.2, 0.25) is 5.02 Å². The van der Waals surface area contributed by atoms with Crippen molar-refractivity contribution in [1.82, 2.24) is 5.32 Å². The molecular formula is C16H20ClNO3S. The molecule has 1 saturated carbocycles. The van der Waals surface area contributed by atoms with E-state index in [2.05, 4.69) is 5.32 Å². The van der Waals surface area contributed by atoms with E-state index >= 15 is 0 Å². The van der Waals surface area contributed by atoms with Crippen LogP contribution in [-0.2, 0) is 9.53 Å². The Hall–Kier alpha value is -1.20. The third-order valence-corrected chi connectivity index (χ3v) is 4.80. The van der Waals surface area contributed by atoms with E-state index in [1.54, 1.807) is 19.1 Å². The molecular weight excluding hydrogens is 322 g/mol. The number of hydrogen-bond acceptors (Lipinski definition) is 4. The average Bonchev–Trinajstić information content (AvgIpc) is 3.00. The highest BCUT2D eigenvalue weighted by Gasteiger charge is 2.24. The van der Waals surface area contributed by atoms with Crippen LogP contribution in [0, 0.1) is 0 Å². The standard InChI is InChI=1S/C16H20ClNO3S/c1-10(15(19)18-11-5-3-4-6-11)21-16(20)13-9-12(22-2)7-8-14(13)17/h7-11H,3-6H2,1-2H3,(H,18,19)/t10-/m0/s1. The molecule has 2 rings (SSSR count). The molecule has 1 atom stereocenters. The summed E-state index contributed by atoms with van der Waals surface area (Å²) in [4.78, 5) is 25.2. The van der Waals surface area contributed by atoms with E-state index in [0.717, 1.165) is 30.6 Å². The molecule has 1 amide bonds. The molecule has 0 aliphatic heterocycles. The second kappa shape index (κ2) is 7.88. The van der Waals surface area contributed by atoms with Gasteiger partial charge >= 0.3 is 5.97 Å². The molecule has 0 saturated heterocycles. The number of halogens is 1. The van der Waals surface area contributed by atoms with Crippen LogP contribution < -0.4 is 5.32 Å². The highest BCUT2D eigenvalue weighted by atomic mass is 35.5. The maximum atomic E-state index is 12.2. The molecule has 22 heavy (non-hydrogen) atoms. The van der Waals surface area contributed by atoms with Crippen molar-refractivity contribution in [2.45, 2.75) is 49.6 Å². The van der Waals surface area contributed by atoms with Gasteiger partial charge in [-0.15, -0.1) is 11.8 Å². The zero-order valence-electron chi connectivity index (χ0n) is 12.7. The molecule has 6 heteroatoms. The van der Waals surface area contributed by atoms with Gasteiger partial charge in [-0.1, -0.05) is 24.4 Å². The number of thioether (sulfide) groups is 1. The zero-order chi connectivity index (χ0) is 16.1. The van der Waals surface area contributed by atoms with Crippen LogP contribution in [-0.4, -0.2) is 30.3 Å². The van der Waals surface area contributed by atoms with Crippen molar-refractivity contribution in [3.8, 4) is 0 Å². The lowest BCUT2D eigenvalue weighted by Crippen LogP contribution is -2.40. The molecule has 1 aromatic rings. The average molecular weight is 342 g/mol. The Morgan fingerprint density at radius 3 is 2.68 bits per heavy atom. The van der Waals surface area contributed by atoms with Crippen molar-refractivity contribution in [1.29, 1.82) is 0 Å². The van der Waals surface area contributed by atoms with E-state index in [4.69, 9.17) is 16.3 Å². The summed E-state index contributed by atoms with van der Waals surface area (Å²) in [5.41, 5.74) is 0.286. The number of rotatable bonds is 5. The van der Waals surface area contributed by atoms with Gasteiger partial charge in [-0.05, 0) is 44.2 Å². The first kappa shape index (κ1) is 17.2. The van der Waals surface area contributed by atoms with E-state index in [0.29, 0.717) is 5.02 Å². The van der Waals surface area contributed by atoms with Gasteiger partial charge in [0.1, 0.15) is 0 Å². The molecule has 1 aromatic carbocycles. The minimum Gasteiger partial charge on any atom is -0.449 e. The minimum absolute atomic E-state index is 0.206. The third kappa shape index (κ3) is 4.40. The smallest absolute Gasteiger partial charge is 0.340 e. The van der Waals surface area contributed by atoms with Crippen LogP contribution >= 0.6 is 23.4 Å². The molecule has 1 N–H and O–H groups in total. The Balaban J connectivity index is 1.96. The zero-order valence-corrected chi connectivity index (χ0v) is 14.3. The summed E-state index contributed by atoms with van der Waals surface area (Å²) in [5, 5.41) is 3.24. The van der Waals surface area contributed by atoms with E-state index in [9.17, 15) is 9.59 Å². The summed E-state index contributed by atoms with van der Waals surface area (Å²) in [7, 11) is 0. The Bertz CT molecular complexity index is 558. The highest BCUT2D eigenvalue weighted by molar-refractivity contribution is 7.98. The van der Waals surface area contributed by atoms with Crippen molar-refractivity contribution in [2.75, 3.05) is 6.26 Å². The van der Waals surface area contributed by atoms with Gasteiger partial charge in [-0.2, -0.15) is 0 Å². The Labute approximate surface area is 139 Å². The minimum atomic E-state index is -0.831. The fourth-order valence-electron chi connectivity index (χ4n) is 2.45. The molecule has 4 nitrogen and oxygen atoms in total. The van der Waals surface area contributed by atoms with Gasteiger partial charge < -0.3 is 10.1 Å². The second-order valence-corrected chi connectivity index (χ2v) is 6.67. The number of amides is 1. The Kier molecular flexibility index (Phi) is 6.15. The van der Waals surface area contributed by atoms with Gasteiger partial charge in [0.15, 0.2) is 6.10 Å². The number of ether oxygens (including phenoxy) is 1. The lowest BCUT2D eigenvalue weighted by molar-refractivity contribution is -0.129. The topological polar surface area (TPSA) is 55.4 Å². The van der Waals surface area contributed by atoms with E-state index in [1.165, 1.54) is 11.8 Å². The fourth-order valence-corrected chi connectivity index (χ4v) is 3.09. The molecule has 1 fully saturated rings. The molecule has 0 bridgehead atoms. The highest BCUT2D eigenvalue weighted by Crippen LogP contribution is 2.24. The van der Waals surface area contributed by atoms with Gasteiger partial charge in [0.2, 0.25) is 0 Å². The number of benzene rings is 1. The lowest BCUT2D eigenvalue weighted by atomic mass is 10.2. The third-order valence-electron chi connectivity index (χ3n) is 3.75. The number of nitrogens with one attached hydrogen (secondary N) is 1. The molecule has 0 heterocycles. The van der Waals surface area contributed by atoms with Crippen molar-refractivity contribution >= 4 is 35.2 Å². The molecule has 0 unspecified atom stereocenters. The van der Waals surface area contributed by atoms with Gasteiger partial charge in [0.25, 0.3) is 5.91 Å². The maximum Gasteiger partial charge on any atom is 0.340 e. The first-order valence-corrected chi connectivity index (χ1v) is 8.96. The predicted octanol–water partition coefficient (Wildman–Crippen LogP) is 3.67. The van der Waals surface area contributed by atoms with Gasteiger partial charge in [0, 0.05) is 10.9 Å². The molecule has 120 valence electrons. The van der Waals surface area contributed by atoms with E-state index in [-0.39, 0.29) is 17.5 Å². The second-order valence-electron chi connectivity index (χ2n) is 5.38. The van der Waals surface area contributed by atoms with Gasteiger partial charge in [-0.25, -0.2) is 4.79 Å². The van der Waals surface area contributed by atoms with Crippen LogP contribution in [0.15, 0.2) is 23.1 Å². The molecule has 0 aromatic heterocycles. The number of carbonyl (C=O) groups is 2. The van der Waals surface area contributed by atoms with Crippen LogP contribution in [0.4, 0.5) is 0 Å². The Morgan fingerprint density at radius 2 is 2.05 bits per heavy atom. The van der Waals surface area contributed by atoms with E-state index in [1.807, 2.05) is 12.3 Å². The summed E-state index contributed by atoms with van der Waals surface area (Å²) in [6.45, 7) is 1.58. The number of hydrogen-bond donors (Lipinski definition) is 1. The summed E-state index contributed by atoms with van der Waals surface area (Å²) >= 11 is 7.55. The predicted molar refractivity (Wildman–Crippen MR) is 88.5 cm³/mol. The summed E-state index contributed by atoms with van der Waals surface area (Å²) in [5.74, 6) is -0.827. The molecule has 1 aliphatic carbocycles.